The summed E-state index contributed by atoms with van der Waals surface area (Å²) in [6.07, 6.45) is 1.46. The predicted molar refractivity (Wildman–Crippen MR) is 103 cm³/mol. The van der Waals surface area contributed by atoms with Crippen LogP contribution in [0.25, 0.3) is 20.8 Å². The molecule has 1 aromatic carbocycles. The number of aromatic nitrogens is 4. The molecule has 0 fully saturated rings. The monoisotopic (exact) mass is 383 g/mol. The lowest BCUT2D eigenvalue weighted by Crippen LogP contribution is -2.17. The molecule has 1 amide bonds. The van der Waals surface area contributed by atoms with Gasteiger partial charge in [-0.05, 0) is 12.5 Å². The second kappa shape index (κ2) is 6.43. The number of anilines is 1. The van der Waals surface area contributed by atoms with E-state index >= 15 is 0 Å². The van der Waals surface area contributed by atoms with E-state index in [0.717, 1.165) is 10.6 Å². The Morgan fingerprint density at radius 2 is 1.92 bits per heavy atom. The van der Waals surface area contributed by atoms with Gasteiger partial charge in [0.05, 0.1) is 16.6 Å². The lowest BCUT2D eigenvalue weighted by Gasteiger charge is -1.99. The molecule has 130 valence electrons. The van der Waals surface area contributed by atoms with E-state index in [1.165, 1.54) is 33.6 Å². The van der Waals surface area contributed by atoms with Gasteiger partial charge in [0.25, 0.3) is 11.5 Å². The first kappa shape index (κ1) is 16.6. The van der Waals surface area contributed by atoms with Gasteiger partial charge in [0.1, 0.15) is 9.84 Å². The quantitative estimate of drug-likeness (QED) is 0.587. The van der Waals surface area contributed by atoms with Crippen molar-refractivity contribution in [2.24, 2.45) is 7.05 Å². The van der Waals surface area contributed by atoms with E-state index in [0.29, 0.717) is 25.8 Å². The highest BCUT2D eigenvalue weighted by Crippen LogP contribution is 2.29. The van der Waals surface area contributed by atoms with Crippen molar-refractivity contribution in [3.63, 3.8) is 0 Å². The Balaban J connectivity index is 1.64. The van der Waals surface area contributed by atoms with E-state index in [4.69, 9.17) is 0 Å². The Labute approximate surface area is 156 Å². The van der Waals surface area contributed by atoms with Gasteiger partial charge in [-0.2, -0.15) is 0 Å². The number of rotatable bonds is 3. The predicted octanol–water partition coefficient (Wildman–Crippen LogP) is 3.07. The molecule has 0 radical (unpaired) electrons. The zero-order valence-corrected chi connectivity index (χ0v) is 15.5. The number of hydrogen-bond donors (Lipinski definition) is 1. The Morgan fingerprint density at radius 3 is 2.69 bits per heavy atom. The molecule has 1 N–H and O–H groups in total. The largest absolute Gasteiger partial charge is 0.302 e. The van der Waals surface area contributed by atoms with Crippen LogP contribution in [-0.2, 0) is 7.05 Å². The van der Waals surface area contributed by atoms with Gasteiger partial charge in [-0.1, -0.05) is 41.7 Å². The van der Waals surface area contributed by atoms with E-state index in [1.54, 1.807) is 14.0 Å². The van der Waals surface area contributed by atoms with Crippen molar-refractivity contribution < 1.29 is 4.79 Å². The number of carbonyl (C=O) groups excluding carboxylic acids is 1. The molecule has 4 aromatic rings. The minimum Gasteiger partial charge on any atom is -0.302 e. The van der Waals surface area contributed by atoms with Crippen molar-refractivity contribution in [3.8, 4) is 10.6 Å². The summed E-state index contributed by atoms with van der Waals surface area (Å²) in [5.74, 6) is -0.316. The summed E-state index contributed by atoms with van der Waals surface area (Å²) in [4.78, 5) is 30.2. The topological polar surface area (TPSA) is 89.8 Å². The number of nitrogens with one attached hydrogen (secondary N) is 1. The normalized spacial score (nSPS) is 11.0. The van der Waals surface area contributed by atoms with Gasteiger partial charge in [-0.25, -0.2) is 4.98 Å². The highest BCUT2D eigenvalue weighted by atomic mass is 32.1. The maximum atomic E-state index is 12.6. The van der Waals surface area contributed by atoms with Gasteiger partial charge in [0.2, 0.25) is 5.13 Å². The first-order valence-corrected chi connectivity index (χ1v) is 9.33. The van der Waals surface area contributed by atoms with Crippen molar-refractivity contribution in [1.29, 1.82) is 0 Å². The van der Waals surface area contributed by atoms with E-state index in [1.807, 2.05) is 30.3 Å². The summed E-state index contributed by atoms with van der Waals surface area (Å²) in [6, 6.07) is 9.63. The second-order valence-electron chi connectivity index (χ2n) is 5.63. The van der Waals surface area contributed by atoms with Crippen LogP contribution in [0.15, 0.2) is 41.5 Å². The number of amides is 1. The maximum absolute atomic E-state index is 12.6. The van der Waals surface area contributed by atoms with E-state index < -0.39 is 0 Å². The number of thiophene rings is 1. The van der Waals surface area contributed by atoms with Crippen molar-refractivity contribution >= 4 is 43.9 Å². The smallest absolute Gasteiger partial charge is 0.267 e. The van der Waals surface area contributed by atoms with Crippen LogP contribution >= 0.6 is 22.7 Å². The van der Waals surface area contributed by atoms with Crippen LogP contribution in [0.4, 0.5) is 5.13 Å². The van der Waals surface area contributed by atoms with Crippen LogP contribution in [0.2, 0.25) is 0 Å². The molecule has 7 nitrogen and oxygen atoms in total. The third kappa shape index (κ3) is 2.80. The number of aryl methyl sites for hydroxylation is 2. The van der Waals surface area contributed by atoms with E-state index in [-0.39, 0.29) is 11.5 Å². The number of hydrogen-bond acceptors (Lipinski definition) is 7. The third-order valence-corrected chi connectivity index (χ3v) is 5.97. The molecule has 0 bridgehead atoms. The molecule has 0 aliphatic rings. The molecule has 9 heteroatoms. The van der Waals surface area contributed by atoms with Gasteiger partial charge >= 0.3 is 0 Å². The van der Waals surface area contributed by atoms with Gasteiger partial charge in [0, 0.05) is 12.6 Å². The molecule has 4 rings (SSSR count). The molecule has 0 unspecified atom stereocenters. The third-order valence-electron chi connectivity index (χ3n) is 3.88. The van der Waals surface area contributed by atoms with Crippen LogP contribution in [0.3, 0.4) is 0 Å². The molecule has 0 atom stereocenters. The Bertz CT molecular complexity index is 1180. The standard InChI is InChI=1S/C17H13N5O2S2/c1-9-11-15(18-8-22(2)16(11)24)25-12(9)13(23)19-17-21-20-14(26-17)10-6-4-3-5-7-10/h3-8H,1-2H3,(H,19,21,23). The highest BCUT2D eigenvalue weighted by Gasteiger charge is 2.20. The molecule has 0 aliphatic heterocycles. The fourth-order valence-corrected chi connectivity index (χ4v) is 4.33. The zero-order chi connectivity index (χ0) is 18.3. The van der Waals surface area contributed by atoms with Crippen LogP contribution in [0.5, 0.6) is 0 Å². The first-order valence-electron chi connectivity index (χ1n) is 7.69. The Hall–Kier alpha value is -2.91. The van der Waals surface area contributed by atoms with Crippen molar-refractivity contribution in [2.75, 3.05) is 5.32 Å². The number of carbonyl (C=O) groups is 1. The van der Waals surface area contributed by atoms with Crippen LogP contribution < -0.4 is 10.9 Å². The lowest BCUT2D eigenvalue weighted by atomic mass is 10.2. The van der Waals surface area contributed by atoms with E-state index in [2.05, 4.69) is 20.5 Å². The number of benzene rings is 1. The zero-order valence-electron chi connectivity index (χ0n) is 13.9. The van der Waals surface area contributed by atoms with Crippen molar-refractivity contribution in [2.45, 2.75) is 6.92 Å². The number of fused-ring (bicyclic) bond motifs is 1. The summed E-state index contributed by atoms with van der Waals surface area (Å²) in [7, 11) is 1.64. The summed E-state index contributed by atoms with van der Waals surface area (Å²) < 4.78 is 1.40. The SMILES string of the molecule is Cc1c(C(=O)Nc2nnc(-c3ccccc3)s2)sc2ncn(C)c(=O)c12. The molecule has 0 spiro atoms. The molecule has 3 aromatic heterocycles. The summed E-state index contributed by atoms with van der Waals surface area (Å²) >= 11 is 2.49. The first-order chi connectivity index (χ1) is 12.5. The molecule has 3 heterocycles. The van der Waals surface area contributed by atoms with Crippen LogP contribution in [-0.4, -0.2) is 25.7 Å². The molecule has 0 saturated carbocycles. The minimum atomic E-state index is -0.316. The molecular formula is C17H13N5O2S2. The molecule has 0 aliphatic carbocycles. The summed E-state index contributed by atoms with van der Waals surface area (Å²) in [5.41, 5.74) is 1.41. The average Bonchev–Trinajstić information content (AvgIpc) is 3.24. The maximum Gasteiger partial charge on any atom is 0.267 e. The fraction of sp³-hybridized carbons (Fsp3) is 0.118. The lowest BCUT2D eigenvalue weighted by molar-refractivity contribution is 0.103. The van der Waals surface area contributed by atoms with Crippen molar-refractivity contribution in [3.05, 3.63) is 57.5 Å². The van der Waals surface area contributed by atoms with Crippen LogP contribution in [0.1, 0.15) is 15.2 Å². The highest BCUT2D eigenvalue weighted by molar-refractivity contribution is 7.21. The molecule has 26 heavy (non-hydrogen) atoms. The van der Waals surface area contributed by atoms with Gasteiger partial charge in [0.15, 0.2) is 0 Å². The van der Waals surface area contributed by atoms with Gasteiger partial charge in [-0.15, -0.1) is 21.5 Å². The van der Waals surface area contributed by atoms with E-state index in [9.17, 15) is 9.59 Å². The van der Waals surface area contributed by atoms with Crippen LogP contribution in [0, 0.1) is 6.92 Å². The average molecular weight is 383 g/mol. The summed E-state index contributed by atoms with van der Waals surface area (Å²) in [5, 5.41) is 12.5. The Kier molecular flexibility index (Phi) is 4.09. The molecular weight excluding hydrogens is 370 g/mol. The summed E-state index contributed by atoms with van der Waals surface area (Å²) in [6.45, 7) is 1.76. The minimum absolute atomic E-state index is 0.162. The number of nitrogens with zero attached hydrogens (tertiary/aromatic N) is 4. The fourth-order valence-electron chi connectivity index (χ4n) is 2.55. The van der Waals surface area contributed by atoms with Gasteiger partial charge < -0.3 is 4.57 Å². The Morgan fingerprint density at radius 1 is 1.15 bits per heavy atom. The second-order valence-corrected chi connectivity index (χ2v) is 7.61. The molecule has 0 saturated heterocycles. The van der Waals surface area contributed by atoms with Gasteiger partial charge in [-0.3, -0.25) is 14.9 Å². The van der Waals surface area contributed by atoms with Crippen molar-refractivity contribution in [1.82, 2.24) is 19.7 Å².